The second kappa shape index (κ2) is 9.58. The number of amides is 2. The molecule has 3 aromatic carbocycles. The second-order valence-corrected chi connectivity index (χ2v) is 7.69. The molecule has 0 spiro atoms. The zero-order valence-corrected chi connectivity index (χ0v) is 17.4. The van der Waals surface area contributed by atoms with Crippen molar-refractivity contribution in [3.63, 3.8) is 0 Å². The number of nitrogens with zero attached hydrogens (tertiary/aromatic N) is 1. The summed E-state index contributed by atoms with van der Waals surface area (Å²) >= 11 is 0. The van der Waals surface area contributed by atoms with Crippen LogP contribution < -0.4 is 0 Å². The zero-order valence-electron chi connectivity index (χ0n) is 17.4. The Labute approximate surface area is 186 Å². The number of carbonyl (C=O) groups excluding carboxylic acids is 2. The molecular weight excluding hydrogens is 406 g/mol. The number of hydrogen-bond acceptors (Lipinski definition) is 4. The van der Waals surface area contributed by atoms with Gasteiger partial charge in [-0.2, -0.15) is 0 Å². The third-order valence-corrected chi connectivity index (χ3v) is 5.55. The van der Waals surface area contributed by atoms with Crippen molar-refractivity contribution in [2.75, 3.05) is 19.8 Å². The molecule has 1 unspecified atom stereocenters. The number of hydrogen-bond donors (Lipinski definition) is 1. The van der Waals surface area contributed by atoms with Crippen LogP contribution in [0.5, 0.6) is 0 Å². The van der Waals surface area contributed by atoms with Crippen molar-refractivity contribution in [1.82, 2.24) is 4.90 Å². The van der Waals surface area contributed by atoms with E-state index in [4.69, 9.17) is 4.74 Å². The Bertz CT molecular complexity index is 1090. The average molecular weight is 429 g/mol. The topological polar surface area (TPSA) is 83.9 Å². The first-order valence-corrected chi connectivity index (χ1v) is 10.4. The van der Waals surface area contributed by atoms with E-state index in [1.165, 1.54) is 0 Å². The highest BCUT2D eigenvalue weighted by molar-refractivity contribution is 6.21. The molecule has 0 bridgehead atoms. The molecule has 1 atom stereocenters. The van der Waals surface area contributed by atoms with E-state index in [0.717, 1.165) is 21.6 Å². The number of aliphatic carboxylic acids is 1. The van der Waals surface area contributed by atoms with Gasteiger partial charge in [0.25, 0.3) is 11.8 Å². The number of carbonyl (C=O) groups is 3. The summed E-state index contributed by atoms with van der Waals surface area (Å²) in [5.41, 5.74) is 3.97. The summed E-state index contributed by atoms with van der Waals surface area (Å²) in [4.78, 5) is 37.6. The van der Waals surface area contributed by atoms with Crippen molar-refractivity contribution in [2.24, 2.45) is 5.92 Å². The van der Waals surface area contributed by atoms with Crippen LogP contribution in [-0.2, 0) is 16.0 Å². The van der Waals surface area contributed by atoms with Gasteiger partial charge in [0.05, 0.1) is 30.3 Å². The maximum absolute atomic E-state index is 12.5. The predicted molar refractivity (Wildman–Crippen MR) is 119 cm³/mol. The van der Waals surface area contributed by atoms with Crippen molar-refractivity contribution >= 4 is 17.8 Å². The molecule has 1 heterocycles. The van der Waals surface area contributed by atoms with E-state index in [1.54, 1.807) is 24.3 Å². The number of fused-ring (bicyclic) bond motifs is 1. The highest BCUT2D eigenvalue weighted by Crippen LogP contribution is 2.24. The summed E-state index contributed by atoms with van der Waals surface area (Å²) in [6.45, 7) is 0.0505. The van der Waals surface area contributed by atoms with E-state index in [0.29, 0.717) is 24.2 Å². The smallest absolute Gasteiger partial charge is 0.310 e. The van der Waals surface area contributed by atoms with Crippen molar-refractivity contribution < 1.29 is 24.2 Å². The van der Waals surface area contributed by atoms with Crippen LogP contribution in [0.25, 0.3) is 11.1 Å². The van der Waals surface area contributed by atoms with Crippen LogP contribution in [-0.4, -0.2) is 47.5 Å². The standard InChI is InChI=1S/C26H23NO5/c28-24-22-8-4-5-9-23(22)25(29)27(24)16-21(26(30)31)17-32-15-14-18-10-12-20(13-11-18)19-6-2-1-3-7-19/h1-13,21H,14-17H2,(H,30,31). The zero-order chi connectivity index (χ0) is 22.5. The summed E-state index contributed by atoms with van der Waals surface area (Å²) in [5, 5.41) is 9.55. The summed E-state index contributed by atoms with van der Waals surface area (Å²) in [6, 6.07) is 24.7. The minimum absolute atomic E-state index is 0.0785. The minimum Gasteiger partial charge on any atom is -0.481 e. The van der Waals surface area contributed by atoms with Crippen LogP contribution in [0.1, 0.15) is 26.3 Å². The minimum atomic E-state index is -1.10. The van der Waals surface area contributed by atoms with Gasteiger partial charge in [0, 0.05) is 6.54 Å². The van der Waals surface area contributed by atoms with Crippen molar-refractivity contribution in [1.29, 1.82) is 0 Å². The van der Waals surface area contributed by atoms with Crippen LogP contribution in [0, 0.1) is 5.92 Å². The van der Waals surface area contributed by atoms with Crippen molar-refractivity contribution in [3.8, 4) is 11.1 Å². The Morgan fingerprint density at radius 2 is 1.38 bits per heavy atom. The third-order valence-electron chi connectivity index (χ3n) is 5.55. The van der Waals surface area contributed by atoms with Gasteiger partial charge in [-0.3, -0.25) is 19.3 Å². The van der Waals surface area contributed by atoms with Gasteiger partial charge in [0.2, 0.25) is 0 Å². The fourth-order valence-corrected chi connectivity index (χ4v) is 3.74. The molecule has 32 heavy (non-hydrogen) atoms. The fraction of sp³-hybridized carbons (Fsp3) is 0.192. The lowest BCUT2D eigenvalue weighted by molar-refractivity contribution is -0.144. The normalized spacial score (nSPS) is 13.8. The van der Waals surface area contributed by atoms with Gasteiger partial charge in [-0.25, -0.2) is 0 Å². The van der Waals surface area contributed by atoms with Crippen LogP contribution in [0.4, 0.5) is 0 Å². The lowest BCUT2D eigenvalue weighted by atomic mass is 10.0. The molecule has 6 heteroatoms. The molecule has 2 amide bonds. The fourth-order valence-electron chi connectivity index (χ4n) is 3.74. The first-order valence-electron chi connectivity index (χ1n) is 10.4. The Hall–Kier alpha value is -3.77. The van der Waals surface area contributed by atoms with Crippen LogP contribution in [0.2, 0.25) is 0 Å². The van der Waals surface area contributed by atoms with E-state index >= 15 is 0 Å². The number of rotatable bonds is 9. The van der Waals surface area contributed by atoms with Gasteiger partial charge in [-0.05, 0) is 35.2 Å². The molecule has 1 N–H and O–H groups in total. The quantitative estimate of drug-likeness (QED) is 0.412. The first kappa shape index (κ1) is 21.5. The Morgan fingerprint density at radius 3 is 1.97 bits per heavy atom. The van der Waals surface area contributed by atoms with Gasteiger partial charge in [0.1, 0.15) is 0 Å². The second-order valence-electron chi connectivity index (χ2n) is 7.69. The maximum Gasteiger partial charge on any atom is 0.310 e. The predicted octanol–water partition coefficient (Wildman–Crippen LogP) is 3.91. The van der Waals surface area contributed by atoms with Crippen LogP contribution in [0.15, 0.2) is 78.9 Å². The van der Waals surface area contributed by atoms with Crippen molar-refractivity contribution in [2.45, 2.75) is 6.42 Å². The number of ether oxygens (including phenoxy) is 1. The summed E-state index contributed by atoms with van der Waals surface area (Å²) in [5.74, 6) is -3.02. The lowest BCUT2D eigenvalue weighted by Gasteiger charge is -2.19. The molecule has 0 fully saturated rings. The number of carboxylic acid groups (broad SMARTS) is 1. The molecule has 3 aromatic rings. The Balaban J connectivity index is 1.29. The van der Waals surface area contributed by atoms with E-state index < -0.39 is 23.7 Å². The largest absolute Gasteiger partial charge is 0.481 e. The molecule has 0 aromatic heterocycles. The Kier molecular flexibility index (Phi) is 6.42. The molecule has 0 saturated carbocycles. The van der Waals surface area contributed by atoms with E-state index in [2.05, 4.69) is 12.1 Å². The molecule has 6 nitrogen and oxygen atoms in total. The van der Waals surface area contributed by atoms with E-state index in [9.17, 15) is 19.5 Å². The average Bonchev–Trinajstić information content (AvgIpc) is 3.06. The molecule has 4 rings (SSSR count). The van der Waals surface area contributed by atoms with Gasteiger partial charge in [0.15, 0.2) is 0 Å². The van der Waals surface area contributed by atoms with Crippen LogP contribution in [0.3, 0.4) is 0 Å². The molecular formula is C26H23NO5. The van der Waals surface area contributed by atoms with Crippen LogP contribution >= 0.6 is 0 Å². The molecule has 0 saturated heterocycles. The van der Waals surface area contributed by atoms with E-state index in [-0.39, 0.29) is 13.2 Å². The number of imide groups is 1. The molecule has 1 aliphatic rings. The van der Waals surface area contributed by atoms with E-state index in [1.807, 2.05) is 42.5 Å². The molecule has 0 radical (unpaired) electrons. The lowest BCUT2D eigenvalue weighted by Crippen LogP contribution is -2.39. The summed E-state index contributed by atoms with van der Waals surface area (Å²) < 4.78 is 5.60. The summed E-state index contributed by atoms with van der Waals surface area (Å²) in [7, 11) is 0. The number of benzene rings is 3. The molecule has 1 aliphatic heterocycles. The highest BCUT2D eigenvalue weighted by Gasteiger charge is 2.37. The summed E-state index contributed by atoms with van der Waals surface area (Å²) in [6.07, 6.45) is 0.633. The molecule has 0 aliphatic carbocycles. The number of carboxylic acids is 1. The highest BCUT2D eigenvalue weighted by atomic mass is 16.5. The van der Waals surface area contributed by atoms with Gasteiger partial charge in [-0.1, -0.05) is 66.7 Å². The monoisotopic (exact) mass is 429 g/mol. The van der Waals surface area contributed by atoms with Gasteiger partial charge in [-0.15, -0.1) is 0 Å². The van der Waals surface area contributed by atoms with Gasteiger partial charge < -0.3 is 9.84 Å². The van der Waals surface area contributed by atoms with Gasteiger partial charge >= 0.3 is 5.97 Å². The first-order chi connectivity index (χ1) is 15.5. The molecule has 162 valence electrons. The Morgan fingerprint density at radius 1 is 0.812 bits per heavy atom. The SMILES string of the molecule is O=C(O)C(COCCc1ccc(-c2ccccc2)cc1)CN1C(=O)c2ccccc2C1=O. The third kappa shape index (κ3) is 4.60. The maximum atomic E-state index is 12.5. The van der Waals surface area contributed by atoms with Crippen molar-refractivity contribution in [3.05, 3.63) is 95.6 Å².